The Labute approximate surface area is 135 Å². The number of nitrogen functional groups attached to an aromatic ring is 1. The van der Waals surface area contributed by atoms with Crippen LogP contribution in [0.15, 0.2) is 28.7 Å². The first-order valence-electron chi connectivity index (χ1n) is 6.24. The van der Waals surface area contributed by atoms with Crippen LogP contribution in [-0.2, 0) is 6.54 Å². The van der Waals surface area contributed by atoms with Crippen LogP contribution >= 0.6 is 27.3 Å². The number of amides is 1. The van der Waals surface area contributed by atoms with Crippen molar-refractivity contribution >= 4 is 43.9 Å². The Bertz CT molecular complexity index is 658. The Kier molecular flexibility index (Phi) is 5.08. The first kappa shape index (κ1) is 15.7. The standard InChI is InChI=1S/C14H16BrN3O2S/c1-17-13(19)12-10(16)11(20-2)14(21-12)18-7-8-5-3-4-6-9(8)15/h3-6,18H,7,16H2,1-2H3,(H,17,19). The summed E-state index contributed by atoms with van der Waals surface area (Å²) >= 11 is 4.78. The van der Waals surface area contributed by atoms with Gasteiger partial charge in [0.1, 0.15) is 15.6 Å². The summed E-state index contributed by atoms with van der Waals surface area (Å²) in [5, 5.41) is 6.58. The lowest BCUT2D eigenvalue weighted by atomic mass is 10.2. The van der Waals surface area contributed by atoms with Crippen LogP contribution in [0.3, 0.4) is 0 Å². The number of halogens is 1. The highest BCUT2D eigenvalue weighted by Crippen LogP contribution is 2.42. The second kappa shape index (κ2) is 6.82. The molecule has 1 amide bonds. The maximum Gasteiger partial charge on any atom is 0.263 e. The van der Waals surface area contributed by atoms with E-state index in [0.717, 1.165) is 15.0 Å². The van der Waals surface area contributed by atoms with E-state index in [4.69, 9.17) is 10.5 Å². The van der Waals surface area contributed by atoms with Gasteiger partial charge in [-0.25, -0.2) is 0 Å². The van der Waals surface area contributed by atoms with E-state index < -0.39 is 0 Å². The summed E-state index contributed by atoms with van der Waals surface area (Å²) in [7, 11) is 3.11. The molecule has 2 rings (SSSR count). The van der Waals surface area contributed by atoms with E-state index in [9.17, 15) is 4.79 Å². The van der Waals surface area contributed by atoms with Gasteiger partial charge in [-0.05, 0) is 11.6 Å². The summed E-state index contributed by atoms with van der Waals surface area (Å²) < 4.78 is 6.32. The Morgan fingerprint density at radius 3 is 2.76 bits per heavy atom. The molecule has 0 unspecified atom stereocenters. The number of benzene rings is 1. The van der Waals surface area contributed by atoms with Gasteiger partial charge in [-0.3, -0.25) is 4.79 Å². The topological polar surface area (TPSA) is 76.4 Å². The van der Waals surface area contributed by atoms with Crippen molar-refractivity contribution in [2.45, 2.75) is 6.54 Å². The highest BCUT2D eigenvalue weighted by atomic mass is 79.9. The molecule has 1 heterocycles. The SMILES string of the molecule is CNC(=O)c1sc(NCc2ccccc2Br)c(OC)c1N. The first-order valence-corrected chi connectivity index (χ1v) is 7.85. The van der Waals surface area contributed by atoms with E-state index >= 15 is 0 Å². The van der Waals surface area contributed by atoms with Crippen LogP contribution in [0.4, 0.5) is 10.7 Å². The minimum Gasteiger partial charge on any atom is -0.492 e. The molecule has 0 radical (unpaired) electrons. The minimum atomic E-state index is -0.218. The van der Waals surface area contributed by atoms with Gasteiger partial charge in [-0.1, -0.05) is 34.1 Å². The van der Waals surface area contributed by atoms with Crippen LogP contribution in [0.5, 0.6) is 5.75 Å². The van der Waals surface area contributed by atoms with Crippen LogP contribution in [0.2, 0.25) is 0 Å². The van der Waals surface area contributed by atoms with Crippen molar-refractivity contribution in [2.24, 2.45) is 0 Å². The zero-order valence-corrected chi connectivity index (χ0v) is 14.1. The van der Waals surface area contributed by atoms with Crippen LogP contribution in [0.1, 0.15) is 15.2 Å². The lowest BCUT2D eigenvalue weighted by Gasteiger charge is -2.08. The molecule has 21 heavy (non-hydrogen) atoms. The average molecular weight is 370 g/mol. The number of carbonyl (C=O) groups is 1. The van der Waals surface area contributed by atoms with Gasteiger partial charge in [0.25, 0.3) is 5.91 Å². The van der Waals surface area contributed by atoms with Gasteiger partial charge in [0.2, 0.25) is 0 Å². The fraction of sp³-hybridized carbons (Fsp3) is 0.214. The van der Waals surface area contributed by atoms with Gasteiger partial charge in [0.05, 0.1) is 7.11 Å². The predicted octanol–water partition coefficient (Wildman–Crippen LogP) is 3.07. The summed E-state index contributed by atoms with van der Waals surface area (Å²) in [6.07, 6.45) is 0. The van der Waals surface area contributed by atoms with Crippen LogP contribution in [-0.4, -0.2) is 20.1 Å². The summed E-state index contributed by atoms with van der Waals surface area (Å²) in [4.78, 5) is 12.2. The van der Waals surface area contributed by atoms with Crippen molar-refractivity contribution in [1.29, 1.82) is 0 Å². The normalized spacial score (nSPS) is 10.2. The van der Waals surface area contributed by atoms with E-state index in [0.29, 0.717) is 22.9 Å². The third-order valence-corrected chi connectivity index (χ3v) is 4.85. The Morgan fingerprint density at radius 2 is 2.14 bits per heavy atom. The van der Waals surface area contributed by atoms with Gasteiger partial charge in [0, 0.05) is 18.1 Å². The highest BCUT2D eigenvalue weighted by molar-refractivity contribution is 9.10. The molecule has 1 aromatic heterocycles. The van der Waals surface area contributed by atoms with E-state index in [2.05, 4.69) is 26.6 Å². The summed E-state index contributed by atoms with van der Waals surface area (Å²) in [5.74, 6) is 0.287. The van der Waals surface area contributed by atoms with Crippen LogP contribution in [0.25, 0.3) is 0 Å². The molecule has 7 heteroatoms. The smallest absolute Gasteiger partial charge is 0.263 e. The monoisotopic (exact) mass is 369 g/mol. The third-order valence-electron chi connectivity index (χ3n) is 2.93. The predicted molar refractivity (Wildman–Crippen MR) is 90.1 cm³/mol. The molecule has 0 aliphatic rings. The fourth-order valence-electron chi connectivity index (χ4n) is 1.85. The fourth-order valence-corrected chi connectivity index (χ4v) is 3.30. The third kappa shape index (κ3) is 3.30. The van der Waals surface area contributed by atoms with Gasteiger partial charge in [-0.15, -0.1) is 11.3 Å². The minimum absolute atomic E-state index is 0.218. The summed E-state index contributed by atoms with van der Waals surface area (Å²) in [6, 6.07) is 7.92. The maximum absolute atomic E-state index is 11.8. The quantitative estimate of drug-likeness (QED) is 0.756. The molecular weight excluding hydrogens is 354 g/mol. The number of thiophene rings is 1. The molecule has 1 aromatic carbocycles. The second-order valence-electron chi connectivity index (χ2n) is 4.23. The molecule has 2 aromatic rings. The molecular formula is C14H16BrN3O2S. The summed E-state index contributed by atoms with van der Waals surface area (Å²) in [5.41, 5.74) is 7.43. The molecule has 0 fully saturated rings. The molecule has 0 aliphatic carbocycles. The molecule has 112 valence electrons. The molecule has 0 atom stereocenters. The molecule has 0 aliphatic heterocycles. The zero-order chi connectivity index (χ0) is 15.4. The van der Waals surface area contributed by atoms with Crippen molar-refractivity contribution < 1.29 is 9.53 Å². The van der Waals surface area contributed by atoms with E-state index in [1.54, 1.807) is 7.05 Å². The number of ether oxygens (including phenoxy) is 1. The molecule has 4 N–H and O–H groups in total. The molecule has 5 nitrogen and oxygen atoms in total. The number of nitrogens with two attached hydrogens (primary N) is 1. The maximum atomic E-state index is 11.8. The largest absolute Gasteiger partial charge is 0.492 e. The van der Waals surface area contributed by atoms with Gasteiger partial charge >= 0.3 is 0 Å². The van der Waals surface area contributed by atoms with Gasteiger partial charge < -0.3 is 21.1 Å². The number of methoxy groups -OCH3 is 1. The number of anilines is 2. The van der Waals surface area contributed by atoms with Crippen molar-refractivity contribution in [2.75, 3.05) is 25.2 Å². The highest BCUT2D eigenvalue weighted by Gasteiger charge is 2.21. The van der Waals surface area contributed by atoms with Gasteiger partial charge in [0.15, 0.2) is 5.75 Å². The zero-order valence-electron chi connectivity index (χ0n) is 11.7. The number of carbonyl (C=O) groups excluding carboxylic acids is 1. The first-order chi connectivity index (χ1) is 10.1. The number of nitrogens with one attached hydrogen (secondary N) is 2. The molecule has 0 bridgehead atoms. The van der Waals surface area contributed by atoms with E-state index in [1.165, 1.54) is 18.4 Å². The van der Waals surface area contributed by atoms with Crippen molar-refractivity contribution in [3.63, 3.8) is 0 Å². The van der Waals surface area contributed by atoms with Gasteiger partial charge in [-0.2, -0.15) is 0 Å². The number of hydrogen-bond acceptors (Lipinski definition) is 5. The Hall–Kier alpha value is -1.73. The van der Waals surface area contributed by atoms with E-state index in [-0.39, 0.29) is 5.91 Å². The Morgan fingerprint density at radius 1 is 1.43 bits per heavy atom. The van der Waals surface area contributed by atoms with Crippen LogP contribution in [0, 0.1) is 0 Å². The average Bonchev–Trinajstić information content (AvgIpc) is 2.81. The lowest BCUT2D eigenvalue weighted by Crippen LogP contribution is -2.17. The molecule has 0 saturated carbocycles. The van der Waals surface area contributed by atoms with Crippen molar-refractivity contribution in [1.82, 2.24) is 5.32 Å². The molecule has 0 spiro atoms. The number of hydrogen-bond donors (Lipinski definition) is 3. The lowest BCUT2D eigenvalue weighted by molar-refractivity contribution is 0.0967. The summed E-state index contributed by atoms with van der Waals surface area (Å²) in [6.45, 7) is 0.602. The van der Waals surface area contributed by atoms with Crippen LogP contribution < -0.4 is 21.1 Å². The number of rotatable bonds is 5. The van der Waals surface area contributed by atoms with Crippen molar-refractivity contribution in [3.05, 3.63) is 39.2 Å². The van der Waals surface area contributed by atoms with E-state index in [1.807, 2.05) is 24.3 Å². The second-order valence-corrected chi connectivity index (χ2v) is 6.11. The molecule has 0 saturated heterocycles. The Balaban J connectivity index is 2.24. The van der Waals surface area contributed by atoms with Crippen molar-refractivity contribution in [3.8, 4) is 5.75 Å².